The minimum Gasteiger partial charge on any atom is -0.491 e. The van der Waals surface area contributed by atoms with Crippen LogP contribution in [0, 0.1) is 0 Å². The van der Waals surface area contributed by atoms with Crippen LogP contribution in [0.1, 0.15) is 31.0 Å². The van der Waals surface area contributed by atoms with Crippen molar-refractivity contribution < 1.29 is 9.53 Å². The van der Waals surface area contributed by atoms with E-state index in [1.54, 1.807) is 0 Å². The van der Waals surface area contributed by atoms with Gasteiger partial charge >= 0.3 is 0 Å². The van der Waals surface area contributed by atoms with Gasteiger partial charge in [-0.05, 0) is 25.5 Å². The Morgan fingerprint density at radius 2 is 1.73 bits per heavy atom. The predicted octanol–water partition coefficient (Wildman–Crippen LogP) is 2.79. The SMILES string of the molecule is CC(C)Oc1ccccc1CN[C@H](C(N)=O)c1ccccc1. The van der Waals surface area contributed by atoms with Gasteiger partial charge < -0.3 is 10.5 Å². The number of carbonyl (C=O) groups excluding carboxylic acids is 1. The zero-order valence-corrected chi connectivity index (χ0v) is 13.0. The molecular weight excluding hydrogens is 276 g/mol. The van der Waals surface area contributed by atoms with Gasteiger partial charge in [0.1, 0.15) is 11.8 Å². The molecule has 2 aromatic carbocycles. The first-order valence-corrected chi connectivity index (χ1v) is 7.40. The highest BCUT2D eigenvalue weighted by Crippen LogP contribution is 2.21. The molecule has 2 rings (SSSR count). The van der Waals surface area contributed by atoms with E-state index in [0.717, 1.165) is 16.9 Å². The summed E-state index contributed by atoms with van der Waals surface area (Å²) in [5, 5.41) is 3.21. The summed E-state index contributed by atoms with van der Waals surface area (Å²) in [6.45, 7) is 4.48. The average molecular weight is 298 g/mol. The monoisotopic (exact) mass is 298 g/mol. The van der Waals surface area contributed by atoms with Crippen molar-refractivity contribution in [2.24, 2.45) is 5.73 Å². The van der Waals surface area contributed by atoms with E-state index in [4.69, 9.17) is 10.5 Å². The number of rotatable bonds is 7. The van der Waals surface area contributed by atoms with Gasteiger partial charge in [-0.15, -0.1) is 0 Å². The first kappa shape index (κ1) is 16.0. The third-order valence-corrected chi connectivity index (χ3v) is 3.25. The Kier molecular flexibility index (Phi) is 5.55. The molecule has 3 N–H and O–H groups in total. The van der Waals surface area contributed by atoms with E-state index in [2.05, 4.69) is 5.32 Å². The molecule has 4 heteroatoms. The fraction of sp³-hybridized carbons (Fsp3) is 0.278. The van der Waals surface area contributed by atoms with Crippen molar-refractivity contribution in [1.29, 1.82) is 0 Å². The van der Waals surface area contributed by atoms with Crippen molar-refractivity contribution in [2.45, 2.75) is 32.5 Å². The number of primary amides is 1. The molecule has 2 aromatic rings. The van der Waals surface area contributed by atoms with Crippen LogP contribution in [-0.2, 0) is 11.3 Å². The van der Waals surface area contributed by atoms with E-state index in [1.807, 2.05) is 68.4 Å². The third kappa shape index (κ3) is 4.33. The molecule has 0 saturated heterocycles. The molecule has 0 aliphatic rings. The van der Waals surface area contributed by atoms with E-state index in [-0.39, 0.29) is 6.10 Å². The van der Waals surface area contributed by atoms with Gasteiger partial charge in [0.25, 0.3) is 0 Å². The number of ether oxygens (including phenoxy) is 1. The molecule has 1 atom stereocenters. The lowest BCUT2D eigenvalue weighted by atomic mass is 10.1. The molecule has 0 heterocycles. The number of carbonyl (C=O) groups is 1. The topological polar surface area (TPSA) is 64.3 Å². The number of nitrogens with two attached hydrogens (primary N) is 1. The zero-order chi connectivity index (χ0) is 15.9. The molecule has 0 aromatic heterocycles. The van der Waals surface area contributed by atoms with Gasteiger partial charge in [-0.2, -0.15) is 0 Å². The van der Waals surface area contributed by atoms with Gasteiger partial charge in [-0.1, -0.05) is 48.5 Å². The molecule has 0 bridgehead atoms. The zero-order valence-electron chi connectivity index (χ0n) is 13.0. The summed E-state index contributed by atoms with van der Waals surface area (Å²) in [5.41, 5.74) is 7.38. The smallest absolute Gasteiger partial charge is 0.239 e. The molecule has 0 fully saturated rings. The maximum atomic E-state index is 11.7. The summed E-state index contributed by atoms with van der Waals surface area (Å²) in [7, 11) is 0. The Balaban J connectivity index is 2.12. The summed E-state index contributed by atoms with van der Waals surface area (Å²) < 4.78 is 5.79. The highest BCUT2D eigenvalue weighted by atomic mass is 16.5. The maximum absolute atomic E-state index is 11.7. The Hall–Kier alpha value is -2.33. The molecule has 1 amide bonds. The molecule has 22 heavy (non-hydrogen) atoms. The second-order valence-corrected chi connectivity index (χ2v) is 5.40. The van der Waals surface area contributed by atoms with Gasteiger partial charge in [0, 0.05) is 12.1 Å². The summed E-state index contributed by atoms with van der Waals surface area (Å²) >= 11 is 0. The summed E-state index contributed by atoms with van der Waals surface area (Å²) in [6.07, 6.45) is 0.0993. The first-order chi connectivity index (χ1) is 10.6. The van der Waals surface area contributed by atoms with Crippen LogP contribution in [0.3, 0.4) is 0 Å². The molecule has 0 radical (unpaired) electrons. The van der Waals surface area contributed by atoms with Crippen LogP contribution < -0.4 is 15.8 Å². The second-order valence-electron chi connectivity index (χ2n) is 5.40. The summed E-state index contributed by atoms with van der Waals surface area (Å²) in [5.74, 6) is 0.426. The first-order valence-electron chi connectivity index (χ1n) is 7.40. The molecule has 4 nitrogen and oxygen atoms in total. The minimum atomic E-state index is -0.520. The Morgan fingerprint density at radius 1 is 1.09 bits per heavy atom. The van der Waals surface area contributed by atoms with Crippen LogP contribution in [0.2, 0.25) is 0 Å². The normalized spacial score (nSPS) is 12.1. The Labute approximate surface area is 131 Å². The van der Waals surface area contributed by atoms with Crippen LogP contribution in [0.4, 0.5) is 0 Å². The van der Waals surface area contributed by atoms with Crippen LogP contribution in [0.25, 0.3) is 0 Å². The Morgan fingerprint density at radius 3 is 2.36 bits per heavy atom. The minimum absolute atomic E-state index is 0.0993. The van der Waals surface area contributed by atoms with Crippen molar-refractivity contribution in [3.63, 3.8) is 0 Å². The standard InChI is InChI=1S/C18H22N2O2/c1-13(2)22-16-11-7-6-10-15(16)12-20-17(18(19)21)14-8-4-3-5-9-14/h3-11,13,17,20H,12H2,1-2H3,(H2,19,21)/t17-/m0/s1. The quantitative estimate of drug-likeness (QED) is 0.826. The predicted molar refractivity (Wildman–Crippen MR) is 87.4 cm³/mol. The molecule has 0 aliphatic heterocycles. The largest absolute Gasteiger partial charge is 0.491 e. The molecule has 0 aliphatic carbocycles. The number of amides is 1. The summed E-state index contributed by atoms with van der Waals surface area (Å²) in [6, 6.07) is 16.7. The maximum Gasteiger partial charge on any atom is 0.239 e. The lowest BCUT2D eigenvalue weighted by Gasteiger charge is -2.18. The van der Waals surface area contributed by atoms with E-state index in [1.165, 1.54) is 0 Å². The van der Waals surface area contributed by atoms with Gasteiger partial charge in [0.05, 0.1) is 6.10 Å². The number of hydrogen-bond acceptors (Lipinski definition) is 3. The fourth-order valence-corrected chi connectivity index (χ4v) is 2.26. The van der Waals surface area contributed by atoms with Crippen molar-refractivity contribution in [2.75, 3.05) is 0 Å². The molecule has 0 saturated carbocycles. The number of nitrogens with one attached hydrogen (secondary N) is 1. The highest BCUT2D eigenvalue weighted by Gasteiger charge is 2.17. The van der Waals surface area contributed by atoms with Gasteiger partial charge in [0.15, 0.2) is 0 Å². The van der Waals surface area contributed by atoms with Crippen LogP contribution in [0.15, 0.2) is 54.6 Å². The van der Waals surface area contributed by atoms with Gasteiger partial charge in [0.2, 0.25) is 5.91 Å². The summed E-state index contributed by atoms with van der Waals surface area (Å²) in [4.78, 5) is 11.7. The van der Waals surface area contributed by atoms with Gasteiger partial charge in [-0.3, -0.25) is 10.1 Å². The number of benzene rings is 2. The van der Waals surface area contributed by atoms with E-state index in [9.17, 15) is 4.79 Å². The van der Waals surface area contributed by atoms with E-state index >= 15 is 0 Å². The molecular formula is C18H22N2O2. The van der Waals surface area contributed by atoms with Crippen molar-refractivity contribution in [3.8, 4) is 5.75 Å². The molecule has 116 valence electrons. The number of para-hydroxylation sites is 1. The van der Waals surface area contributed by atoms with Crippen LogP contribution in [-0.4, -0.2) is 12.0 Å². The molecule has 0 unspecified atom stereocenters. The van der Waals surface area contributed by atoms with Gasteiger partial charge in [-0.25, -0.2) is 0 Å². The van der Waals surface area contributed by atoms with E-state index < -0.39 is 11.9 Å². The number of hydrogen-bond donors (Lipinski definition) is 2. The second kappa shape index (κ2) is 7.61. The van der Waals surface area contributed by atoms with Crippen molar-refractivity contribution in [1.82, 2.24) is 5.32 Å². The van der Waals surface area contributed by atoms with Crippen LogP contribution >= 0.6 is 0 Å². The highest BCUT2D eigenvalue weighted by molar-refractivity contribution is 5.81. The van der Waals surface area contributed by atoms with Crippen molar-refractivity contribution in [3.05, 3.63) is 65.7 Å². The molecule has 0 spiro atoms. The lowest BCUT2D eigenvalue weighted by molar-refractivity contribution is -0.120. The van der Waals surface area contributed by atoms with E-state index in [0.29, 0.717) is 6.54 Å². The Bertz CT molecular complexity index is 611. The van der Waals surface area contributed by atoms with Crippen LogP contribution in [0.5, 0.6) is 5.75 Å². The third-order valence-electron chi connectivity index (χ3n) is 3.25. The fourth-order valence-electron chi connectivity index (χ4n) is 2.26. The average Bonchev–Trinajstić information content (AvgIpc) is 2.49. The van der Waals surface area contributed by atoms with Crippen molar-refractivity contribution >= 4 is 5.91 Å². The lowest BCUT2D eigenvalue weighted by Crippen LogP contribution is -2.33.